The van der Waals surface area contributed by atoms with Gasteiger partial charge < -0.3 is 10.6 Å². The van der Waals surface area contributed by atoms with Crippen LogP contribution in [-0.4, -0.2) is 23.5 Å². The van der Waals surface area contributed by atoms with Crippen molar-refractivity contribution < 1.29 is 0 Å². The number of rotatable bonds is 2. The fourth-order valence-corrected chi connectivity index (χ4v) is 2.69. The van der Waals surface area contributed by atoms with Gasteiger partial charge in [0.25, 0.3) is 0 Å². The summed E-state index contributed by atoms with van der Waals surface area (Å²) in [4.78, 5) is 6.57. The highest BCUT2D eigenvalue weighted by Gasteiger charge is 2.14. The van der Waals surface area contributed by atoms with Crippen molar-refractivity contribution in [2.24, 2.45) is 0 Å². The van der Waals surface area contributed by atoms with Crippen LogP contribution in [0.3, 0.4) is 0 Å². The van der Waals surface area contributed by atoms with Gasteiger partial charge in [0, 0.05) is 30.9 Å². The summed E-state index contributed by atoms with van der Waals surface area (Å²) in [6.45, 7) is 0. The summed E-state index contributed by atoms with van der Waals surface area (Å²) in [6, 6.07) is 9.22. The Bertz CT molecular complexity index is 824. The molecule has 4 nitrogen and oxygen atoms in total. The third kappa shape index (κ3) is 2.41. The van der Waals surface area contributed by atoms with Crippen molar-refractivity contribution in [3.63, 3.8) is 0 Å². The average molecular weight is 321 g/mol. The number of halogens is 2. The molecule has 0 spiro atoms. The van der Waals surface area contributed by atoms with E-state index in [1.165, 1.54) is 0 Å². The first-order chi connectivity index (χ1) is 9.97. The second-order valence-corrected chi connectivity index (χ2v) is 5.82. The van der Waals surface area contributed by atoms with E-state index in [4.69, 9.17) is 28.9 Å². The number of nitrogen functional groups attached to an aromatic ring is 1. The van der Waals surface area contributed by atoms with Gasteiger partial charge in [-0.05, 0) is 30.3 Å². The van der Waals surface area contributed by atoms with Crippen LogP contribution < -0.4 is 10.6 Å². The lowest BCUT2D eigenvalue weighted by atomic mass is 10.1. The molecule has 3 rings (SSSR count). The second kappa shape index (κ2) is 5.13. The summed E-state index contributed by atoms with van der Waals surface area (Å²) in [5.74, 6) is 0.554. The van der Waals surface area contributed by atoms with E-state index in [9.17, 15) is 0 Å². The first-order valence-electron chi connectivity index (χ1n) is 6.37. The maximum Gasteiger partial charge on any atom is 0.139 e. The zero-order chi connectivity index (χ0) is 15.1. The number of imidazole rings is 1. The van der Waals surface area contributed by atoms with Crippen LogP contribution in [0.2, 0.25) is 10.0 Å². The highest BCUT2D eigenvalue weighted by molar-refractivity contribution is 6.36. The number of anilines is 2. The average Bonchev–Trinajstić information content (AvgIpc) is 2.75. The summed E-state index contributed by atoms with van der Waals surface area (Å²) in [6.07, 6.45) is 1.95. The quantitative estimate of drug-likeness (QED) is 0.777. The molecular weight excluding hydrogens is 307 g/mol. The Morgan fingerprint density at radius 1 is 1.14 bits per heavy atom. The number of nitrogens with zero attached hydrogens (tertiary/aromatic N) is 3. The fraction of sp³-hybridized carbons (Fsp3) is 0.133. The molecule has 2 heterocycles. The summed E-state index contributed by atoms with van der Waals surface area (Å²) in [5.41, 5.74) is 9.49. The van der Waals surface area contributed by atoms with Crippen molar-refractivity contribution in [3.8, 4) is 11.3 Å². The molecule has 0 amide bonds. The number of fused-ring (bicyclic) bond motifs is 1. The molecule has 0 aliphatic carbocycles. The molecule has 108 valence electrons. The topological polar surface area (TPSA) is 46.6 Å². The minimum atomic E-state index is 0.533. The van der Waals surface area contributed by atoms with Gasteiger partial charge >= 0.3 is 0 Å². The van der Waals surface area contributed by atoms with Gasteiger partial charge in [0.2, 0.25) is 0 Å². The highest BCUT2D eigenvalue weighted by Crippen LogP contribution is 2.34. The summed E-state index contributed by atoms with van der Waals surface area (Å²) in [5, 5.41) is 1.12. The first kappa shape index (κ1) is 14.0. The standard InChI is InChI=1S/C15H14Cl2N4/c1-20(2)10-4-6-13-19-14(15(18)21(13)8-10)11-5-3-9(16)7-12(11)17/h3-8H,18H2,1-2H3. The van der Waals surface area contributed by atoms with Gasteiger partial charge in [-0.2, -0.15) is 0 Å². The van der Waals surface area contributed by atoms with E-state index in [-0.39, 0.29) is 0 Å². The Hall–Kier alpha value is -1.91. The van der Waals surface area contributed by atoms with Crippen molar-refractivity contribution in [1.82, 2.24) is 9.38 Å². The zero-order valence-electron chi connectivity index (χ0n) is 11.6. The van der Waals surface area contributed by atoms with Crippen molar-refractivity contribution in [3.05, 3.63) is 46.6 Å². The van der Waals surface area contributed by atoms with E-state index in [1.807, 2.05) is 47.8 Å². The summed E-state index contributed by atoms with van der Waals surface area (Å²) >= 11 is 12.2. The summed E-state index contributed by atoms with van der Waals surface area (Å²) in [7, 11) is 3.95. The molecule has 0 aliphatic rings. The molecule has 3 aromatic rings. The lowest BCUT2D eigenvalue weighted by molar-refractivity contribution is 1.09. The van der Waals surface area contributed by atoms with Crippen LogP contribution in [0.4, 0.5) is 11.5 Å². The molecule has 0 saturated carbocycles. The lowest BCUT2D eigenvalue weighted by Crippen LogP contribution is -2.09. The molecule has 0 fully saturated rings. The van der Waals surface area contributed by atoms with E-state index >= 15 is 0 Å². The van der Waals surface area contributed by atoms with E-state index in [0.29, 0.717) is 21.6 Å². The zero-order valence-corrected chi connectivity index (χ0v) is 13.2. The predicted octanol–water partition coefficient (Wildman–Crippen LogP) is 3.96. The van der Waals surface area contributed by atoms with Gasteiger partial charge in [0.05, 0.1) is 10.7 Å². The number of aromatic nitrogens is 2. The van der Waals surface area contributed by atoms with E-state index in [0.717, 1.165) is 16.9 Å². The molecule has 21 heavy (non-hydrogen) atoms. The fourth-order valence-electron chi connectivity index (χ4n) is 2.20. The van der Waals surface area contributed by atoms with Crippen LogP contribution in [-0.2, 0) is 0 Å². The molecule has 0 aliphatic heterocycles. The molecule has 2 N–H and O–H groups in total. The smallest absolute Gasteiger partial charge is 0.139 e. The number of pyridine rings is 1. The number of benzene rings is 1. The predicted molar refractivity (Wildman–Crippen MR) is 89.4 cm³/mol. The molecule has 0 unspecified atom stereocenters. The molecular formula is C15H14Cl2N4. The number of nitrogens with two attached hydrogens (primary N) is 1. The molecule has 0 bridgehead atoms. The Morgan fingerprint density at radius 3 is 2.57 bits per heavy atom. The Balaban J connectivity index is 2.22. The van der Waals surface area contributed by atoms with E-state index in [2.05, 4.69) is 4.98 Å². The Labute approximate surface area is 132 Å². The van der Waals surface area contributed by atoms with E-state index in [1.54, 1.807) is 12.1 Å². The summed E-state index contributed by atoms with van der Waals surface area (Å²) < 4.78 is 1.86. The normalized spacial score (nSPS) is 11.0. The van der Waals surface area contributed by atoms with Gasteiger partial charge in [-0.15, -0.1) is 0 Å². The maximum atomic E-state index is 6.25. The largest absolute Gasteiger partial charge is 0.383 e. The molecule has 0 atom stereocenters. The first-order valence-corrected chi connectivity index (χ1v) is 7.13. The van der Waals surface area contributed by atoms with Crippen LogP contribution in [0.15, 0.2) is 36.5 Å². The second-order valence-electron chi connectivity index (χ2n) is 4.98. The maximum absolute atomic E-state index is 6.25. The van der Waals surface area contributed by atoms with Crippen molar-refractivity contribution in [2.75, 3.05) is 24.7 Å². The minimum absolute atomic E-state index is 0.533. The molecule has 6 heteroatoms. The minimum Gasteiger partial charge on any atom is -0.383 e. The third-order valence-electron chi connectivity index (χ3n) is 3.34. The monoisotopic (exact) mass is 320 g/mol. The SMILES string of the molecule is CN(C)c1ccc2nc(-c3ccc(Cl)cc3Cl)c(N)n2c1. The van der Waals surface area contributed by atoms with Gasteiger partial charge in [-0.3, -0.25) is 4.40 Å². The number of hydrogen-bond acceptors (Lipinski definition) is 3. The molecule has 0 radical (unpaired) electrons. The number of hydrogen-bond donors (Lipinski definition) is 1. The van der Waals surface area contributed by atoms with Crippen LogP contribution in [0.5, 0.6) is 0 Å². The van der Waals surface area contributed by atoms with Gasteiger partial charge in [-0.1, -0.05) is 23.2 Å². The van der Waals surface area contributed by atoms with Crippen molar-refractivity contribution >= 4 is 40.4 Å². The lowest BCUT2D eigenvalue weighted by Gasteiger charge is -2.12. The van der Waals surface area contributed by atoms with Crippen LogP contribution in [0.1, 0.15) is 0 Å². The molecule has 2 aromatic heterocycles. The van der Waals surface area contributed by atoms with Crippen LogP contribution >= 0.6 is 23.2 Å². The van der Waals surface area contributed by atoms with Gasteiger partial charge in [0.1, 0.15) is 17.2 Å². The molecule has 1 aromatic carbocycles. The van der Waals surface area contributed by atoms with Gasteiger partial charge in [0.15, 0.2) is 0 Å². The molecule has 0 saturated heterocycles. The van der Waals surface area contributed by atoms with Crippen molar-refractivity contribution in [1.29, 1.82) is 0 Å². The van der Waals surface area contributed by atoms with E-state index < -0.39 is 0 Å². The van der Waals surface area contributed by atoms with Crippen molar-refractivity contribution in [2.45, 2.75) is 0 Å². The Morgan fingerprint density at radius 2 is 1.90 bits per heavy atom. The Kier molecular flexibility index (Phi) is 3.43. The third-order valence-corrected chi connectivity index (χ3v) is 3.89. The highest BCUT2D eigenvalue weighted by atomic mass is 35.5. The van der Waals surface area contributed by atoms with Crippen LogP contribution in [0, 0.1) is 0 Å². The van der Waals surface area contributed by atoms with Crippen LogP contribution in [0.25, 0.3) is 16.9 Å². The van der Waals surface area contributed by atoms with Gasteiger partial charge in [-0.25, -0.2) is 4.98 Å².